The highest BCUT2D eigenvalue weighted by molar-refractivity contribution is 7.99. The molecule has 0 aliphatic carbocycles. The largest absolute Gasteiger partial charge is 0.315 e. The fourth-order valence-corrected chi connectivity index (χ4v) is 3.06. The van der Waals surface area contributed by atoms with E-state index in [0.29, 0.717) is 0 Å². The molecule has 0 aromatic rings. The minimum Gasteiger partial charge on any atom is -0.315 e. The molecule has 2 aliphatic heterocycles. The summed E-state index contributed by atoms with van der Waals surface area (Å²) < 4.78 is 0. The molecule has 14 heavy (non-hydrogen) atoms. The highest BCUT2D eigenvalue weighted by atomic mass is 32.2. The molecule has 2 rings (SSSR count). The number of nitrogens with zero attached hydrogens (tertiary/aromatic N) is 1. The molecule has 4 heteroatoms. The highest BCUT2D eigenvalue weighted by Crippen LogP contribution is 2.08. The molecule has 1 atom stereocenters. The summed E-state index contributed by atoms with van der Waals surface area (Å²) in [7, 11) is 0. The monoisotopic (exact) mass is 215 g/mol. The van der Waals surface area contributed by atoms with Crippen LogP contribution in [0, 0.1) is 0 Å². The van der Waals surface area contributed by atoms with Gasteiger partial charge >= 0.3 is 0 Å². The van der Waals surface area contributed by atoms with E-state index < -0.39 is 0 Å². The molecule has 2 N–H and O–H groups in total. The molecule has 0 spiro atoms. The van der Waals surface area contributed by atoms with Gasteiger partial charge in [-0.3, -0.25) is 0 Å². The average molecular weight is 215 g/mol. The smallest absolute Gasteiger partial charge is 0.0205 e. The Morgan fingerprint density at radius 1 is 1.36 bits per heavy atom. The molecule has 0 aromatic carbocycles. The van der Waals surface area contributed by atoms with Crippen molar-refractivity contribution in [1.29, 1.82) is 0 Å². The van der Waals surface area contributed by atoms with Gasteiger partial charge in [0.25, 0.3) is 0 Å². The molecule has 2 aliphatic rings. The summed E-state index contributed by atoms with van der Waals surface area (Å²) in [4.78, 5) is 2.58. The second kappa shape index (κ2) is 5.95. The second-order valence-electron chi connectivity index (χ2n) is 4.10. The summed E-state index contributed by atoms with van der Waals surface area (Å²) >= 11 is 2.09. The lowest BCUT2D eigenvalue weighted by atomic mass is 10.2. The maximum absolute atomic E-state index is 3.62. The molecule has 3 nitrogen and oxygen atoms in total. The third kappa shape index (κ3) is 3.42. The third-order valence-corrected chi connectivity index (χ3v) is 3.97. The van der Waals surface area contributed by atoms with Crippen LogP contribution in [0.4, 0.5) is 0 Å². The summed E-state index contributed by atoms with van der Waals surface area (Å²) in [6.07, 6.45) is 1.30. The number of rotatable bonds is 4. The van der Waals surface area contributed by atoms with Gasteiger partial charge in [0.05, 0.1) is 0 Å². The zero-order chi connectivity index (χ0) is 9.64. The van der Waals surface area contributed by atoms with E-state index in [1.54, 1.807) is 0 Å². The minimum absolute atomic E-state index is 0.731. The highest BCUT2D eigenvalue weighted by Gasteiger charge is 2.14. The predicted octanol–water partition coefficient (Wildman–Crippen LogP) is -0.0133. The van der Waals surface area contributed by atoms with Gasteiger partial charge in [-0.2, -0.15) is 11.8 Å². The Labute approximate surface area is 91.0 Å². The van der Waals surface area contributed by atoms with Crippen LogP contribution < -0.4 is 10.6 Å². The average Bonchev–Trinajstić information content (AvgIpc) is 2.72. The topological polar surface area (TPSA) is 27.3 Å². The second-order valence-corrected chi connectivity index (χ2v) is 5.32. The van der Waals surface area contributed by atoms with Crippen molar-refractivity contribution >= 4 is 11.8 Å². The van der Waals surface area contributed by atoms with E-state index in [0.717, 1.165) is 19.1 Å². The summed E-state index contributed by atoms with van der Waals surface area (Å²) in [5, 5.41) is 7.00. The molecule has 1 unspecified atom stereocenters. The maximum Gasteiger partial charge on any atom is 0.0205 e. The number of thioether (sulfide) groups is 1. The Morgan fingerprint density at radius 3 is 2.93 bits per heavy atom. The maximum atomic E-state index is 3.62. The van der Waals surface area contributed by atoms with E-state index in [2.05, 4.69) is 27.3 Å². The van der Waals surface area contributed by atoms with Crippen molar-refractivity contribution in [2.75, 3.05) is 50.8 Å². The van der Waals surface area contributed by atoms with E-state index >= 15 is 0 Å². The van der Waals surface area contributed by atoms with Gasteiger partial charge in [0.2, 0.25) is 0 Å². The Hall–Kier alpha value is 0.230. The first-order valence-corrected chi connectivity index (χ1v) is 6.85. The lowest BCUT2D eigenvalue weighted by Crippen LogP contribution is -2.41. The molecular weight excluding hydrogens is 194 g/mol. The van der Waals surface area contributed by atoms with Crippen LogP contribution in [0.5, 0.6) is 0 Å². The molecule has 2 saturated heterocycles. The van der Waals surface area contributed by atoms with Gasteiger partial charge in [0.1, 0.15) is 0 Å². The van der Waals surface area contributed by atoms with Crippen molar-refractivity contribution in [3.8, 4) is 0 Å². The standard InChI is InChI=1S/C10H21N3S/c1-2-11-9-10(1)12-3-4-13-5-7-14-8-6-13/h10-12H,1-9H2. The summed E-state index contributed by atoms with van der Waals surface area (Å²) in [5.74, 6) is 2.65. The minimum atomic E-state index is 0.731. The summed E-state index contributed by atoms with van der Waals surface area (Å²) in [5.41, 5.74) is 0. The van der Waals surface area contributed by atoms with Crippen LogP contribution in [0.3, 0.4) is 0 Å². The number of hydrogen-bond acceptors (Lipinski definition) is 4. The van der Waals surface area contributed by atoms with Crippen molar-refractivity contribution < 1.29 is 0 Å². The Kier molecular flexibility index (Phi) is 4.57. The fraction of sp³-hybridized carbons (Fsp3) is 1.00. The Balaban J connectivity index is 1.52. The van der Waals surface area contributed by atoms with E-state index in [1.807, 2.05) is 0 Å². The summed E-state index contributed by atoms with van der Waals surface area (Å²) in [6, 6.07) is 0.731. The van der Waals surface area contributed by atoms with Crippen LogP contribution in [0.15, 0.2) is 0 Å². The van der Waals surface area contributed by atoms with Crippen LogP contribution in [-0.4, -0.2) is 61.7 Å². The molecule has 0 radical (unpaired) electrons. The van der Waals surface area contributed by atoms with Gasteiger partial charge < -0.3 is 15.5 Å². The first-order valence-electron chi connectivity index (χ1n) is 5.69. The van der Waals surface area contributed by atoms with Gasteiger partial charge in [-0.1, -0.05) is 0 Å². The first-order chi connectivity index (χ1) is 6.95. The van der Waals surface area contributed by atoms with Crippen LogP contribution in [0.2, 0.25) is 0 Å². The molecular formula is C10H21N3S. The predicted molar refractivity (Wildman–Crippen MR) is 63.0 cm³/mol. The number of nitrogens with one attached hydrogen (secondary N) is 2. The summed E-state index contributed by atoms with van der Waals surface area (Å²) in [6.45, 7) is 7.33. The normalized spacial score (nSPS) is 29.6. The van der Waals surface area contributed by atoms with E-state index in [9.17, 15) is 0 Å². The Bertz CT molecular complexity index is 153. The molecule has 2 heterocycles. The lowest BCUT2D eigenvalue weighted by Gasteiger charge is -2.26. The van der Waals surface area contributed by atoms with E-state index in [4.69, 9.17) is 0 Å². The zero-order valence-electron chi connectivity index (χ0n) is 8.80. The van der Waals surface area contributed by atoms with Crippen molar-refractivity contribution in [3.63, 3.8) is 0 Å². The van der Waals surface area contributed by atoms with Crippen molar-refractivity contribution in [2.45, 2.75) is 12.5 Å². The van der Waals surface area contributed by atoms with E-state index in [-0.39, 0.29) is 0 Å². The van der Waals surface area contributed by atoms with Crippen LogP contribution >= 0.6 is 11.8 Å². The lowest BCUT2D eigenvalue weighted by molar-refractivity contribution is 0.296. The quantitative estimate of drug-likeness (QED) is 0.690. The van der Waals surface area contributed by atoms with Crippen molar-refractivity contribution in [2.24, 2.45) is 0 Å². The van der Waals surface area contributed by atoms with Crippen LogP contribution in [0.1, 0.15) is 6.42 Å². The Morgan fingerprint density at radius 2 is 2.21 bits per heavy atom. The zero-order valence-corrected chi connectivity index (χ0v) is 9.61. The van der Waals surface area contributed by atoms with Crippen LogP contribution in [-0.2, 0) is 0 Å². The molecule has 82 valence electrons. The molecule has 0 aromatic heterocycles. The molecule has 0 bridgehead atoms. The molecule has 0 saturated carbocycles. The third-order valence-electron chi connectivity index (χ3n) is 3.03. The van der Waals surface area contributed by atoms with Gasteiger partial charge in [-0.15, -0.1) is 0 Å². The van der Waals surface area contributed by atoms with E-state index in [1.165, 1.54) is 44.1 Å². The van der Waals surface area contributed by atoms with Gasteiger partial charge in [-0.25, -0.2) is 0 Å². The van der Waals surface area contributed by atoms with Gasteiger partial charge in [-0.05, 0) is 13.0 Å². The van der Waals surface area contributed by atoms with Gasteiger partial charge in [0, 0.05) is 50.3 Å². The number of hydrogen-bond donors (Lipinski definition) is 2. The van der Waals surface area contributed by atoms with Crippen molar-refractivity contribution in [3.05, 3.63) is 0 Å². The van der Waals surface area contributed by atoms with Crippen molar-refractivity contribution in [1.82, 2.24) is 15.5 Å². The molecule has 2 fully saturated rings. The molecule has 0 amide bonds. The van der Waals surface area contributed by atoms with Crippen LogP contribution in [0.25, 0.3) is 0 Å². The first kappa shape index (κ1) is 10.7. The SMILES string of the molecule is C1CC(NCCN2CCSCC2)CN1. The van der Waals surface area contributed by atoms with Gasteiger partial charge in [0.15, 0.2) is 0 Å². The fourth-order valence-electron chi connectivity index (χ4n) is 2.08.